The standard InChI is InChI=1S/C43H57N7O8/c44-33-15-17-37-36-18-16-34(48-49-46)31-38(36)42(32-10-4-1-5-11-32)50(40(37)30-33)21-9-3-8-14-41(52)47-20-23-56-25-27-58-29-28-57-26-24-55-22-19-35(51)12-6-2-7-13-39(45)43(53)54/h1,4-5,10-11,15-18,30-31,39,44H,2-3,6-9,12-14,19-29,45H2,(H2,47,52,53,54)/p+1. The van der Waals surface area contributed by atoms with Gasteiger partial charge in [-0.2, -0.15) is 4.57 Å². The third-order valence-electron chi connectivity index (χ3n) is 9.62. The van der Waals surface area contributed by atoms with Crippen LogP contribution < -0.4 is 21.4 Å². The number of Topliss-reactive ketones (excluding diaryl/α,β-unsaturated/α-hetero) is 1. The second-order valence-electron chi connectivity index (χ2n) is 14.0. The summed E-state index contributed by atoms with van der Waals surface area (Å²) in [4.78, 5) is 38.1. The molecule has 4 rings (SSSR count). The summed E-state index contributed by atoms with van der Waals surface area (Å²) in [6.45, 7) is 4.36. The molecule has 0 radical (unpaired) electrons. The molecular weight excluding hydrogens is 743 g/mol. The number of unbranched alkanes of at least 4 members (excludes halogenated alkanes) is 4. The number of nitrogens with zero attached hydrogens (tertiary/aromatic N) is 4. The van der Waals surface area contributed by atoms with Crippen LogP contribution in [-0.2, 0) is 39.9 Å². The van der Waals surface area contributed by atoms with Crippen molar-refractivity contribution < 1.29 is 43.0 Å². The Hall–Kier alpha value is -5.15. The summed E-state index contributed by atoms with van der Waals surface area (Å²) in [5.74, 6) is -0.871. The van der Waals surface area contributed by atoms with Crippen LogP contribution in [0.1, 0.15) is 64.2 Å². The predicted octanol–water partition coefficient (Wildman–Crippen LogP) is 6.54. The van der Waals surface area contributed by atoms with E-state index in [0.717, 1.165) is 65.0 Å². The Balaban J connectivity index is 1.04. The lowest BCUT2D eigenvalue weighted by Crippen LogP contribution is -2.37. The van der Waals surface area contributed by atoms with E-state index in [-0.39, 0.29) is 11.7 Å². The summed E-state index contributed by atoms with van der Waals surface area (Å²) in [6.07, 6.45) is 6.33. The Kier molecular flexibility index (Phi) is 20.4. The minimum atomic E-state index is -0.994. The van der Waals surface area contributed by atoms with Crippen LogP contribution in [0.15, 0.2) is 71.8 Å². The van der Waals surface area contributed by atoms with Crippen LogP contribution in [0, 0.1) is 0 Å². The summed E-state index contributed by atoms with van der Waals surface area (Å²) in [5, 5.41) is 18.7. The normalized spacial score (nSPS) is 11.7. The average molecular weight is 801 g/mol. The highest BCUT2D eigenvalue weighted by atomic mass is 16.6. The molecule has 15 heteroatoms. The second kappa shape index (κ2) is 26.0. The number of amides is 1. The van der Waals surface area contributed by atoms with E-state index in [9.17, 15) is 14.4 Å². The Morgan fingerprint density at radius 3 is 2.10 bits per heavy atom. The first-order valence-corrected chi connectivity index (χ1v) is 20.2. The molecule has 0 aliphatic heterocycles. The topological polar surface area (TPSA) is 225 Å². The molecular formula is C43H58N7O8+. The van der Waals surface area contributed by atoms with Crippen molar-refractivity contribution in [3.63, 3.8) is 0 Å². The monoisotopic (exact) mass is 800 g/mol. The lowest BCUT2D eigenvalue weighted by atomic mass is 9.98. The van der Waals surface area contributed by atoms with Crippen LogP contribution in [0.5, 0.6) is 0 Å². The number of azide groups is 1. The number of rotatable bonds is 30. The molecule has 1 atom stereocenters. The van der Waals surface area contributed by atoms with Gasteiger partial charge in [0.1, 0.15) is 18.4 Å². The summed E-state index contributed by atoms with van der Waals surface area (Å²) in [7, 11) is 0. The number of fused-ring (bicyclic) bond motifs is 3. The first-order valence-electron chi connectivity index (χ1n) is 20.2. The number of carbonyl (C=O) groups excluding carboxylic acids is 2. The molecule has 6 N–H and O–H groups in total. The smallest absolute Gasteiger partial charge is 0.320 e. The number of hydrogen-bond donors (Lipinski definition) is 4. The highest BCUT2D eigenvalue weighted by Crippen LogP contribution is 2.34. The zero-order valence-electron chi connectivity index (χ0n) is 33.3. The molecule has 0 saturated heterocycles. The van der Waals surface area contributed by atoms with Crippen LogP contribution >= 0.6 is 0 Å². The number of pyridine rings is 1. The molecule has 3 aromatic carbocycles. The zero-order valence-corrected chi connectivity index (χ0v) is 33.3. The first-order chi connectivity index (χ1) is 28.3. The molecule has 1 amide bonds. The van der Waals surface area contributed by atoms with Gasteiger partial charge in [-0.15, -0.1) is 0 Å². The molecule has 312 valence electrons. The van der Waals surface area contributed by atoms with Crippen molar-refractivity contribution in [1.29, 1.82) is 0 Å². The van der Waals surface area contributed by atoms with Crippen molar-refractivity contribution in [2.75, 3.05) is 65.1 Å². The molecule has 4 aromatic rings. The largest absolute Gasteiger partial charge is 0.480 e. The SMILES string of the molecule is [N-]=[N+]=Nc1ccc2c(c1)c(-c1ccccc1)[n+](CCCCCC(=O)NCCOCCOCCOCCOCCC(=O)CCCCCC(N)C(=O)O)c1cc(N)ccc21. The number of nitrogen functional groups attached to an aromatic ring is 1. The van der Waals surface area contributed by atoms with Crippen molar-refractivity contribution >= 4 is 50.7 Å². The van der Waals surface area contributed by atoms with Crippen LogP contribution in [0.2, 0.25) is 0 Å². The molecule has 0 spiro atoms. The third-order valence-corrected chi connectivity index (χ3v) is 9.62. The number of carbonyl (C=O) groups is 3. The third kappa shape index (κ3) is 15.7. The molecule has 0 bridgehead atoms. The fourth-order valence-corrected chi connectivity index (χ4v) is 6.62. The Morgan fingerprint density at radius 2 is 1.40 bits per heavy atom. The summed E-state index contributed by atoms with van der Waals surface area (Å²) in [5.41, 5.74) is 25.2. The van der Waals surface area contributed by atoms with Crippen LogP contribution in [0.25, 0.3) is 43.4 Å². The molecule has 0 fully saturated rings. The molecule has 0 aliphatic carbocycles. The van der Waals surface area contributed by atoms with Gasteiger partial charge in [-0.3, -0.25) is 14.4 Å². The number of ketones is 1. The van der Waals surface area contributed by atoms with Crippen LogP contribution in [-0.4, -0.2) is 88.2 Å². The van der Waals surface area contributed by atoms with Crippen molar-refractivity contribution in [1.82, 2.24) is 5.32 Å². The number of aryl methyl sites for hydroxylation is 1. The summed E-state index contributed by atoms with van der Waals surface area (Å²) < 4.78 is 24.3. The number of hydrogen-bond acceptors (Lipinski definition) is 10. The molecule has 0 saturated carbocycles. The van der Waals surface area contributed by atoms with Gasteiger partial charge >= 0.3 is 5.97 Å². The number of nitrogens with one attached hydrogen (secondary N) is 1. The second-order valence-corrected chi connectivity index (χ2v) is 14.0. The van der Waals surface area contributed by atoms with Gasteiger partial charge in [0.2, 0.25) is 17.1 Å². The maximum atomic E-state index is 12.5. The molecule has 1 heterocycles. The van der Waals surface area contributed by atoms with Crippen LogP contribution in [0.3, 0.4) is 0 Å². The maximum absolute atomic E-state index is 12.5. The number of aliphatic carboxylic acids is 1. The van der Waals surface area contributed by atoms with E-state index < -0.39 is 12.0 Å². The zero-order chi connectivity index (χ0) is 41.4. The molecule has 15 nitrogen and oxygen atoms in total. The van der Waals surface area contributed by atoms with E-state index in [1.165, 1.54) is 0 Å². The fourth-order valence-electron chi connectivity index (χ4n) is 6.62. The van der Waals surface area contributed by atoms with Gasteiger partial charge in [-0.25, -0.2) is 0 Å². The van der Waals surface area contributed by atoms with E-state index in [4.69, 9.17) is 41.1 Å². The van der Waals surface area contributed by atoms with Crippen LogP contribution in [0.4, 0.5) is 11.4 Å². The van der Waals surface area contributed by atoms with E-state index in [2.05, 4.69) is 32.0 Å². The van der Waals surface area contributed by atoms with Gasteiger partial charge < -0.3 is 40.8 Å². The number of nitrogens with two attached hydrogens (primary N) is 2. The summed E-state index contributed by atoms with van der Waals surface area (Å²) >= 11 is 0. The number of benzene rings is 3. The van der Waals surface area contributed by atoms with E-state index >= 15 is 0 Å². The number of aromatic nitrogens is 1. The number of carboxylic acids is 1. The van der Waals surface area contributed by atoms with Crippen molar-refractivity contribution in [2.24, 2.45) is 10.8 Å². The van der Waals surface area contributed by atoms with Gasteiger partial charge in [0.15, 0.2) is 0 Å². The Bertz CT molecular complexity index is 1960. The highest BCUT2D eigenvalue weighted by Gasteiger charge is 2.24. The van der Waals surface area contributed by atoms with Gasteiger partial charge in [0, 0.05) is 65.5 Å². The fraction of sp³-hybridized carbons (Fsp3) is 0.488. The molecule has 1 unspecified atom stereocenters. The molecule has 1 aromatic heterocycles. The Labute approximate surface area is 339 Å². The predicted molar refractivity (Wildman–Crippen MR) is 223 cm³/mol. The number of anilines is 1. The quantitative estimate of drug-likeness (QED) is 0.00848. The summed E-state index contributed by atoms with van der Waals surface area (Å²) in [6, 6.07) is 21.0. The van der Waals surface area contributed by atoms with Gasteiger partial charge in [0.25, 0.3) is 0 Å². The van der Waals surface area contributed by atoms with Crippen molar-refractivity contribution in [3.8, 4) is 11.3 Å². The maximum Gasteiger partial charge on any atom is 0.320 e. The van der Waals surface area contributed by atoms with E-state index in [0.29, 0.717) is 109 Å². The van der Waals surface area contributed by atoms with Gasteiger partial charge in [-0.05, 0) is 61.5 Å². The highest BCUT2D eigenvalue weighted by molar-refractivity contribution is 6.10. The lowest BCUT2D eigenvalue weighted by molar-refractivity contribution is -0.659. The minimum Gasteiger partial charge on any atom is -0.480 e. The molecule has 0 aliphatic rings. The first kappa shape index (κ1) is 45.6. The number of ether oxygens (including phenoxy) is 4. The Morgan fingerprint density at radius 1 is 0.741 bits per heavy atom. The van der Waals surface area contributed by atoms with Crippen molar-refractivity contribution in [2.45, 2.75) is 76.8 Å². The average Bonchev–Trinajstić information content (AvgIpc) is 3.22. The van der Waals surface area contributed by atoms with E-state index in [1.54, 1.807) is 0 Å². The van der Waals surface area contributed by atoms with Crippen molar-refractivity contribution in [3.05, 3.63) is 77.2 Å². The minimum absolute atomic E-state index is 0.00704. The number of carboxylic acid groups (broad SMARTS) is 1. The lowest BCUT2D eigenvalue weighted by Gasteiger charge is -2.13. The molecule has 58 heavy (non-hydrogen) atoms. The van der Waals surface area contributed by atoms with Gasteiger partial charge in [0.05, 0.1) is 63.6 Å². The van der Waals surface area contributed by atoms with Gasteiger partial charge in [-0.1, -0.05) is 48.3 Å². The van der Waals surface area contributed by atoms with E-state index in [1.807, 2.05) is 54.6 Å².